The van der Waals surface area contributed by atoms with Crippen LogP contribution in [0.3, 0.4) is 0 Å². The number of anilines is 1. The number of pyridine rings is 1. The molecule has 1 aromatic carbocycles. The third kappa shape index (κ3) is 4.20. The van der Waals surface area contributed by atoms with Gasteiger partial charge in [0.25, 0.3) is 0 Å². The number of hydrogen-bond acceptors (Lipinski definition) is 6. The maximum absolute atomic E-state index is 12.2. The van der Waals surface area contributed by atoms with Crippen LogP contribution in [-0.2, 0) is 5.41 Å². The van der Waals surface area contributed by atoms with Crippen molar-refractivity contribution in [3.63, 3.8) is 0 Å². The molecule has 0 radical (unpaired) electrons. The molecule has 2 aliphatic rings. The summed E-state index contributed by atoms with van der Waals surface area (Å²) in [5.41, 5.74) is 5.60. The molecule has 1 saturated heterocycles. The van der Waals surface area contributed by atoms with Gasteiger partial charge in [0.05, 0.1) is 26.1 Å². The molecule has 2 amide bonds. The minimum Gasteiger partial charge on any atom is -0.493 e. The summed E-state index contributed by atoms with van der Waals surface area (Å²) in [5.74, 6) is 1.50. The van der Waals surface area contributed by atoms with E-state index in [0.717, 1.165) is 49.4 Å². The number of carbonyl (C=O) groups is 1. The Morgan fingerprint density at radius 2 is 2.06 bits per heavy atom. The van der Waals surface area contributed by atoms with Gasteiger partial charge in [-0.3, -0.25) is 4.98 Å². The fraction of sp³-hybridized carbons (Fsp3) is 0.435. The molecule has 0 unspecified atom stereocenters. The lowest BCUT2D eigenvalue weighted by Crippen LogP contribution is -2.46. The van der Waals surface area contributed by atoms with Gasteiger partial charge in [0.2, 0.25) is 0 Å². The van der Waals surface area contributed by atoms with Crippen molar-refractivity contribution in [1.82, 2.24) is 15.3 Å². The molecule has 1 saturated carbocycles. The zero-order chi connectivity index (χ0) is 21.8. The van der Waals surface area contributed by atoms with E-state index in [1.807, 2.05) is 6.07 Å². The van der Waals surface area contributed by atoms with Crippen molar-refractivity contribution >= 4 is 17.4 Å². The van der Waals surface area contributed by atoms with Crippen LogP contribution in [0.5, 0.6) is 11.5 Å². The van der Waals surface area contributed by atoms with Crippen LogP contribution in [0.2, 0.25) is 0 Å². The van der Waals surface area contributed by atoms with Crippen LogP contribution in [-0.4, -0.2) is 55.5 Å². The van der Waals surface area contributed by atoms with Gasteiger partial charge in [-0.25, -0.2) is 10.2 Å². The zero-order valence-corrected chi connectivity index (χ0v) is 18.2. The van der Waals surface area contributed by atoms with E-state index in [4.69, 9.17) is 9.47 Å². The summed E-state index contributed by atoms with van der Waals surface area (Å²) in [6.07, 6.45) is 6.98. The number of urea groups is 1. The number of nitrogens with zero attached hydrogens (tertiary/aromatic N) is 3. The highest BCUT2D eigenvalue weighted by Crippen LogP contribution is 2.49. The number of nitrogens with one attached hydrogen (secondary N) is 2. The fourth-order valence-electron chi connectivity index (χ4n) is 4.91. The van der Waals surface area contributed by atoms with Crippen LogP contribution >= 0.6 is 0 Å². The Balaban J connectivity index is 1.49. The molecule has 2 atom stereocenters. The molecule has 2 N–H and O–H groups in total. The molecule has 2 fully saturated rings. The molecule has 0 spiro atoms. The van der Waals surface area contributed by atoms with Crippen molar-refractivity contribution in [3.05, 3.63) is 48.3 Å². The number of carbonyl (C=O) groups excluding carboxylic acids is 1. The molecule has 1 aromatic heterocycles. The maximum Gasteiger partial charge on any atom is 0.339 e. The molecule has 1 aliphatic carbocycles. The Labute approximate surface area is 182 Å². The van der Waals surface area contributed by atoms with Crippen molar-refractivity contribution in [3.8, 4) is 11.5 Å². The first-order valence-corrected chi connectivity index (χ1v) is 10.5. The number of likely N-dealkylation sites (N-methyl/N-ethyl adjacent to an activating group) is 1. The minimum atomic E-state index is -0.364. The largest absolute Gasteiger partial charge is 0.493 e. The second kappa shape index (κ2) is 8.93. The van der Waals surface area contributed by atoms with Crippen molar-refractivity contribution < 1.29 is 14.3 Å². The SMILES string of the molecule is COc1ccc([C@@]23CCC(=NNC(=O)Nc4cccnc4)C[C@@H]2N(C)CC3)cc1OC. The third-order valence-corrected chi connectivity index (χ3v) is 6.56. The smallest absolute Gasteiger partial charge is 0.339 e. The predicted molar refractivity (Wildman–Crippen MR) is 120 cm³/mol. The number of ether oxygens (including phenoxy) is 2. The summed E-state index contributed by atoms with van der Waals surface area (Å²) in [4.78, 5) is 18.6. The number of likely N-dealkylation sites (tertiary alicyclic amines) is 1. The fourth-order valence-corrected chi connectivity index (χ4v) is 4.91. The van der Waals surface area contributed by atoms with Crippen LogP contribution < -0.4 is 20.2 Å². The normalized spacial score (nSPS) is 24.5. The highest BCUT2D eigenvalue weighted by molar-refractivity contribution is 5.92. The van der Waals surface area contributed by atoms with Gasteiger partial charge >= 0.3 is 6.03 Å². The van der Waals surface area contributed by atoms with Gasteiger partial charge in [-0.1, -0.05) is 6.07 Å². The van der Waals surface area contributed by atoms with Crippen LogP contribution in [0.15, 0.2) is 47.8 Å². The molecular formula is C23H29N5O3. The molecule has 31 heavy (non-hydrogen) atoms. The van der Waals surface area contributed by atoms with E-state index >= 15 is 0 Å². The summed E-state index contributed by atoms with van der Waals surface area (Å²) < 4.78 is 11.0. The number of amides is 2. The Kier molecular flexibility index (Phi) is 6.08. The second-order valence-corrected chi connectivity index (χ2v) is 8.16. The van der Waals surface area contributed by atoms with Gasteiger partial charge in [-0.15, -0.1) is 0 Å². The average molecular weight is 424 g/mol. The van der Waals surface area contributed by atoms with Crippen LogP contribution in [0.25, 0.3) is 0 Å². The van der Waals surface area contributed by atoms with Crippen molar-refractivity contribution in [2.24, 2.45) is 5.10 Å². The zero-order valence-electron chi connectivity index (χ0n) is 18.2. The highest BCUT2D eigenvalue weighted by Gasteiger charge is 2.49. The van der Waals surface area contributed by atoms with Gasteiger partial charge in [0.15, 0.2) is 11.5 Å². The van der Waals surface area contributed by atoms with Gasteiger partial charge < -0.3 is 19.7 Å². The molecule has 2 aromatic rings. The predicted octanol–water partition coefficient (Wildman–Crippen LogP) is 3.40. The lowest BCUT2D eigenvalue weighted by molar-refractivity contribution is 0.225. The second-order valence-electron chi connectivity index (χ2n) is 8.16. The standard InChI is InChI=1S/C23H29N5O3/c1-28-12-10-23(16-6-7-19(30-2)20(13-16)31-3)9-8-17(14-21(23)28)26-27-22(29)25-18-5-4-11-24-15-18/h4-7,11,13,15,21H,8-10,12,14H2,1-3H3,(H2,25,27,29)/t21-,23-/m0/s1. The number of methoxy groups -OCH3 is 2. The van der Waals surface area contributed by atoms with E-state index in [-0.39, 0.29) is 11.4 Å². The Morgan fingerprint density at radius 1 is 1.23 bits per heavy atom. The van der Waals surface area contributed by atoms with Crippen molar-refractivity contribution in [2.75, 3.05) is 33.1 Å². The quantitative estimate of drug-likeness (QED) is 0.720. The van der Waals surface area contributed by atoms with Gasteiger partial charge in [0, 0.05) is 29.8 Å². The summed E-state index contributed by atoms with van der Waals surface area (Å²) in [7, 11) is 5.49. The van der Waals surface area contributed by atoms with Gasteiger partial charge in [-0.2, -0.15) is 5.10 Å². The summed E-state index contributed by atoms with van der Waals surface area (Å²) in [6.45, 7) is 1.03. The van der Waals surface area contributed by atoms with Gasteiger partial charge in [0.1, 0.15) is 0 Å². The van der Waals surface area contributed by atoms with Crippen molar-refractivity contribution in [2.45, 2.75) is 37.1 Å². The summed E-state index contributed by atoms with van der Waals surface area (Å²) >= 11 is 0. The molecular weight excluding hydrogens is 394 g/mol. The van der Waals surface area contributed by atoms with E-state index in [9.17, 15) is 4.79 Å². The number of hydrazone groups is 1. The first kappa shape index (κ1) is 21.1. The number of hydrogen-bond donors (Lipinski definition) is 2. The van der Waals surface area contributed by atoms with E-state index in [2.05, 4.69) is 44.9 Å². The molecule has 8 heteroatoms. The van der Waals surface area contributed by atoms with E-state index in [1.54, 1.807) is 38.7 Å². The topological polar surface area (TPSA) is 88.1 Å². The van der Waals surface area contributed by atoms with Crippen LogP contribution in [0.4, 0.5) is 10.5 Å². The molecule has 1 aliphatic heterocycles. The maximum atomic E-state index is 12.2. The number of aromatic nitrogens is 1. The Hall–Kier alpha value is -3.13. The summed E-state index contributed by atoms with van der Waals surface area (Å²) in [6, 6.07) is 9.78. The highest BCUT2D eigenvalue weighted by atomic mass is 16.5. The number of benzene rings is 1. The van der Waals surface area contributed by atoms with Crippen LogP contribution in [0, 0.1) is 0 Å². The Bertz CT molecular complexity index is 965. The molecule has 0 bridgehead atoms. The average Bonchev–Trinajstić information content (AvgIpc) is 3.15. The lowest BCUT2D eigenvalue weighted by Gasteiger charge is -2.42. The van der Waals surface area contributed by atoms with Gasteiger partial charge in [-0.05, 0) is 62.7 Å². The van der Waals surface area contributed by atoms with Crippen molar-refractivity contribution in [1.29, 1.82) is 0 Å². The molecule has 4 rings (SSSR count). The summed E-state index contributed by atoms with van der Waals surface area (Å²) in [5, 5.41) is 7.16. The Morgan fingerprint density at radius 3 is 2.81 bits per heavy atom. The van der Waals surface area contributed by atoms with E-state index in [1.165, 1.54) is 5.56 Å². The minimum absolute atomic E-state index is 0.0469. The lowest BCUT2D eigenvalue weighted by atomic mass is 9.65. The molecule has 8 nitrogen and oxygen atoms in total. The molecule has 2 heterocycles. The third-order valence-electron chi connectivity index (χ3n) is 6.56. The monoisotopic (exact) mass is 423 g/mol. The first-order valence-electron chi connectivity index (χ1n) is 10.5. The number of fused-ring (bicyclic) bond motifs is 1. The van der Waals surface area contributed by atoms with E-state index in [0.29, 0.717) is 11.7 Å². The number of rotatable bonds is 5. The first-order chi connectivity index (χ1) is 15.1. The van der Waals surface area contributed by atoms with E-state index < -0.39 is 0 Å². The van der Waals surface area contributed by atoms with Crippen LogP contribution in [0.1, 0.15) is 31.2 Å². The molecule has 164 valence electrons.